The Morgan fingerprint density at radius 3 is 2.53 bits per heavy atom. The van der Waals surface area contributed by atoms with Crippen molar-refractivity contribution in [1.82, 2.24) is 0 Å². The van der Waals surface area contributed by atoms with E-state index >= 15 is 0 Å². The van der Waals surface area contributed by atoms with E-state index < -0.39 is 18.2 Å². The Morgan fingerprint density at radius 1 is 1.40 bits per heavy atom. The van der Waals surface area contributed by atoms with Crippen LogP contribution in [-0.4, -0.2) is 28.4 Å². The van der Waals surface area contributed by atoms with Gasteiger partial charge in [-0.25, -0.2) is 4.79 Å². The summed E-state index contributed by atoms with van der Waals surface area (Å²) in [6.07, 6.45) is -2.20. The number of aliphatic hydroxyl groups is 1. The second-order valence-electron chi connectivity index (χ2n) is 3.28. The molecule has 0 heterocycles. The van der Waals surface area contributed by atoms with Crippen LogP contribution in [0, 0.1) is 0 Å². The molecule has 4 heteroatoms. The summed E-state index contributed by atoms with van der Waals surface area (Å²) in [6, 6.07) is 9.38. The van der Waals surface area contributed by atoms with Gasteiger partial charge in [-0.3, -0.25) is 0 Å². The maximum absolute atomic E-state index is 10.4. The van der Waals surface area contributed by atoms with E-state index in [9.17, 15) is 4.79 Å². The molecular formula is C11H14O4. The van der Waals surface area contributed by atoms with Crippen LogP contribution in [0.15, 0.2) is 30.3 Å². The minimum Gasteiger partial charge on any atom is -0.479 e. The van der Waals surface area contributed by atoms with Crippen LogP contribution in [0.2, 0.25) is 0 Å². The molecule has 0 aliphatic heterocycles. The van der Waals surface area contributed by atoms with E-state index in [1.807, 2.05) is 30.3 Å². The highest BCUT2D eigenvalue weighted by Crippen LogP contribution is 2.05. The molecule has 1 rings (SSSR count). The number of carbonyl (C=O) groups is 1. The lowest BCUT2D eigenvalue weighted by molar-refractivity contribution is -0.155. The molecule has 0 saturated carbocycles. The summed E-state index contributed by atoms with van der Waals surface area (Å²) in [5.41, 5.74) is 0.946. The first-order valence-corrected chi connectivity index (χ1v) is 4.67. The third-order valence-corrected chi connectivity index (χ3v) is 2.05. The van der Waals surface area contributed by atoms with Crippen molar-refractivity contribution >= 4 is 5.97 Å². The van der Waals surface area contributed by atoms with Crippen molar-refractivity contribution in [1.29, 1.82) is 0 Å². The monoisotopic (exact) mass is 210 g/mol. The fraction of sp³-hybridized carbons (Fsp3) is 0.364. The summed E-state index contributed by atoms with van der Waals surface area (Å²) in [7, 11) is 0. The van der Waals surface area contributed by atoms with Gasteiger partial charge in [0.15, 0.2) is 6.10 Å². The molecule has 1 aromatic carbocycles. The first-order chi connectivity index (χ1) is 7.11. The predicted molar refractivity (Wildman–Crippen MR) is 54.3 cm³/mol. The molecule has 0 radical (unpaired) electrons. The first kappa shape index (κ1) is 11.7. The van der Waals surface area contributed by atoms with Gasteiger partial charge in [0.25, 0.3) is 0 Å². The van der Waals surface area contributed by atoms with E-state index in [0.717, 1.165) is 5.56 Å². The Balaban J connectivity index is 2.41. The average Bonchev–Trinajstić information content (AvgIpc) is 2.26. The summed E-state index contributed by atoms with van der Waals surface area (Å²) < 4.78 is 5.22. The van der Waals surface area contributed by atoms with Gasteiger partial charge in [-0.05, 0) is 12.5 Å². The maximum atomic E-state index is 10.4. The van der Waals surface area contributed by atoms with E-state index in [1.54, 1.807) is 0 Å². The lowest BCUT2D eigenvalue weighted by Gasteiger charge is -2.15. The number of hydrogen-bond acceptors (Lipinski definition) is 3. The summed E-state index contributed by atoms with van der Waals surface area (Å²) in [5, 5.41) is 17.7. The number of benzene rings is 1. The van der Waals surface area contributed by atoms with Crippen LogP contribution in [0.4, 0.5) is 0 Å². The van der Waals surface area contributed by atoms with E-state index in [-0.39, 0.29) is 0 Å². The van der Waals surface area contributed by atoms with Crippen LogP contribution in [-0.2, 0) is 16.1 Å². The fourth-order valence-corrected chi connectivity index (χ4v) is 1.09. The molecule has 0 amide bonds. The third-order valence-electron chi connectivity index (χ3n) is 2.05. The molecular weight excluding hydrogens is 196 g/mol. The van der Waals surface area contributed by atoms with Crippen molar-refractivity contribution in [2.45, 2.75) is 25.7 Å². The second-order valence-corrected chi connectivity index (χ2v) is 3.28. The SMILES string of the molecule is C[C@H](OCc1ccccc1)[C@@H](O)C(=O)O. The standard InChI is InChI=1S/C11H14O4/c1-8(10(12)11(13)14)15-7-9-5-3-2-4-6-9/h2-6,8,10,12H,7H2,1H3,(H,13,14)/t8-,10+/m0/s1. The third kappa shape index (κ3) is 3.69. The topological polar surface area (TPSA) is 66.8 Å². The van der Waals surface area contributed by atoms with Crippen LogP contribution >= 0.6 is 0 Å². The van der Waals surface area contributed by atoms with Gasteiger partial charge in [0, 0.05) is 0 Å². The molecule has 2 atom stereocenters. The van der Waals surface area contributed by atoms with Gasteiger partial charge in [0.2, 0.25) is 0 Å². The van der Waals surface area contributed by atoms with E-state index in [0.29, 0.717) is 6.61 Å². The first-order valence-electron chi connectivity index (χ1n) is 4.67. The number of carboxylic acid groups (broad SMARTS) is 1. The van der Waals surface area contributed by atoms with Crippen LogP contribution < -0.4 is 0 Å². The van der Waals surface area contributed by atoms with E-state index in [2.05, 4.69) is 0 Å². The van der Waals surface area contributed by atoms with Crippen molar-refractivity contribution in [2.24, 2.45) is 0 Å². The molecule has 0 fully saturated rings. The number of rotatable bonds is 5. The number of aliphatic carboxylic acids is 1. The van der Waals surface area contributed by atoms with Gasteiger partial charge in [-0.2, -0.15) is 0 Å². The highest BCUT2D eigenvalue weighted by atomic mass is 16.5. The minimum absolute atomic E-state index is 0.298. The van der Waals surface area contributed by atoms with E-state index in [4.69, 9.17) is 14.9 Å². The minimum atomic E-state index is -1.48. The molecule has 1 aromatic rings. The molecule has 0 bridgehead atoms. The molecule has 2 N–H and O–H groups in total. The summed E-state index contributed by atoms with van der Waals surface area (Å²) in [4.78, 5) is 10.4. The van der Waals surface area contributed by atoms with Crippen LogP contribution in [0.5, 0.6) is 0 Å². The molecule has 0 unspecified atom stereocenters. The summed E-state index contributed by atoms with van der Waals surface area (Å²) in [5.74, 6) is -1.27. The maximum Gasteiger partial charge on any atom is 0.335 e. The largest absolute Gasteiger partial charge is 0.479 e. The van der Waals surface area contributed by atoms with Crippen molar-refractivity contribution in [2.75, 3.05) is 0 Å². The quantitative estimate of drug-likeness (QED) is 0.762. The molecule has 4 nitrogen and oxygen atoms in total. The van der Waals surface area contributed by atoms with Gasteiger partial charge in [0.1, 0.15) is 0 Å². The van der Waals surface area contributed by atoms with Gasteiger partial charge < -0.3 is 14.9 Å². The van der Waals surface area contributed by atoms with Crippen LogP contribution in [0.1, 0.15) is 12.5 Å². The van der Waals surface area contributed by atoms with Crippen LogP contribution in [0.3, 0.4) is 0 Å². The molecule has 0 aliphatic carbocycles. The Morgan fingerprint density at radius 2 is 2.00 bits per heavy atom. The number of carboxylic acids is 1. The normalized spacial score (nSPS) is 14.5. The number of aliphatic hydroxyl groups excluding tert-OH is 1. The van der Waals surface area contributed by atoms with Crippen molar-refractivity contribution < 1.29 is 19.7 Å². The van der Waals surface area contributed by atoms with Crippen molar-refractivity contribution in [3.8, 4) is 0 Å². The van der Waals surface area contributed by atoms with Crippen molar-refractivity contribution in [3.05, 3.63) is 35.9 Å². The molecule has 0 spiro atoms. The Hall–Kier alpha value is -1.39. The molecule has 0 saturated heterocycles. The smallest absolute Gasteiger partial charge is 0.335 e. The molecule has 15 heavy (non-hydrogen) atoms. The molecule has 0 aliphatic rings. The zero-order valence-electron chi connectivity index (χ0n) is 8.46. The zero-order chi connectivity index (χ0) is 11.3. The molecule has 0 aromatic heterocycles. The van der Waals surface area contributed by atoms with Gasteiger partial charge in [-0.15, -0.1) is 0 Å². The Bertz CT molecular complexity index is 310. The highest BCUT2D eigenvalue weighted by molar-refractivity contribution is 5.72. The lowest BCUT2D eigenvalue weighted by Crippen LogP contribution is -2.33. The fourth-order valence-electron chi connectivity index (χ4n) is 1.09. The number of ether oxygens (including phenoxy) is 1. The van der Waals surface area contributed by atoms with Gasteiger partial charge in [0.05, 0.1) is 12.7 Å². The molecule has 82 valence electrons. The number of hydrogen-bond donors (Lipinski definition) is 2. The highest BCUT2D eigenvalue weighted by Gasteiger charge is 2.21. The Labute approximate surface area is 88.1 Å². The second kappa shape index (κ2) is 5.48. The summed E-state index contributed by atoms with van der Waals surface area (Å²) in [6.45, 7) is 1.83. The van der Waals surface area contributed by atoms with Gasteiger partial charge in [-0.1, -0.05) is 30.3 Å². The average molecular weight is 210 g/mol. The zero-order valence-corrected chi connectivity index (χ0v) is 8.46. The van der Waals surface area contributed by atoms with Crippen molar-refractivity contribution in [3.63, 3.8) is 0 Å². The van der Waals surface area contributed by atoms with Crippen LogP contribution in [0.25, 0.3) is 0 Å². The Kier molecular flexibility index (Phi) is 4.27. The predicted octanol–water partition coefficient (Wildman–Crippen LogP) is 1.04. The van der Waals surface area contributed by atoms with Gasteiger partial charge >= 0.3 is 5.97 Å². The van der Waals surface area contributed by atoms with E-state index in [1.165, 1.54) is 6.92 Å². The lowest BCUT2D eigenvalue weighted by atomic mass is 10.2. The summed E-state index contributed by atoms with van der Waals surface area (Å²) >= 11 is 0.